The minimum atomic E-state index is -0.602. The van der Waals surface area contributed by atoms with Crippen LogP contribution in [0.2, 0.25) is 0 Å². The molecule has 22 heavy (non-hydrogen) atoms. The molecular weight excluding hydrogens is 322 g/mol. The second-order valence-corrected chi connectivity index (χ2v) is 6.65. The van der Waals surface area contributed by atoms with Gasteiger partial charge in [0.05, 0.1) is 5.69 Å². The number of urea groups is 1. The topological polar surface area (TPSA) is 109 Å². The van der Waals surface area contributed by atoms with Crippen LogP contribution in [-0.2, 0) is 24.2 Å². The molecule has 2 aromatic rings. The first-order chi connectivity index (χ1) is 10.5. The molecule has 9 heteroatoms. The summed E-state index contributed by atoms with van der Waals surface area (Å²) in [6, 6.07) is 3.47. The Morgan fingerprint density at radius 2 is 2.05 bits per heavy atom. The van der Waals surface area contributed by atoms with E-state index in [0.717, 1.165) is 23.4 Å². The van der Waals surface area contributed by atoms with Crippen LogP contribution in [0.5, 0.6) is 0 Å². The lowest BCUT2D eigenvalue weighted by Crippen LogP contribution is -2.40. The number of primary amides is 1. The molecule has 0 aromatic carbocycles. The first kappa shape index (κ1) is 16.4. The van der Waals surface area contributed by atoms with Gasteiger partial charge in [-0.1, -0.05) is 0 Å². The quantitative estimate of drug-likeness (QED) is 0.575. The summed E-state index contributed by atoms with van der Waals surface area (Å²) in [6.07, 6.45) is 1.71. The Balaban J connectivity index is 1.79. The number of thiophene rings is 1. The van der Waals surface area contributed by atoms with Gasteiger partial charge in [0.25, 0.3) is 0 Å². The van der Waals surface area contributed by atoms with Gasteiger partial charge in [-0.25, -0.2) is 15.2 Å². The molecule has 0 atom stereocenters. The molecule has 0 aliphatic rings. The number of amides is 3. The lowest BCUT2D eigenvalue weighted by molar-refractivity contribution is -0.114. The molecule has 0 saturated heterocycles. The standard InChI is InChI=1S/C13H17N5O2S2/c1-8(19)16-13-17-9(7-21-13)2-3-10-4-5-11(22-10)6-15-18-12(14)20/h4-5,7,15H,2-3,6H2,1H3,(H3,14,18,20)(H,16,17,19). The summed E-state index contributed by atoms with van der Waals surface area (Å²) in [6.45, 7) is 2.01. The molecule has 0 spiro atoms. The van der Waals surface area contributed by atoms with Crippen LogP contribution in [-0.4, -0.2) is 16.9 Å². The molecule has 0 bridgehead atoms. The molecule has 3 amide bonds. The third kappa shape index (κ3) is 5.43. The molecular formula is C13H17N5O2S2. The third-order valence-electron chi connectivity index (χ3n) is 2.65. The normalized spacial score (nSPS) is 10.4. The molecule has 7 nitrogen and oxygen atoms in total. The Morgan fingerprint density at radius 3 is 2.77 bits per heavy atom. The Labute approximate surface area is 135 Å². The molecule has 2 rings (SSSR count). The number of nitrogens with one attached hydrogen (secondary N) is 3. The molecule has 118 valence electrons. The van der Waals surface area contributed by atoms with E-state index in [4.69, 9.17) is 5.73 Å². The summed E-state index contributed by atoms with van der Waals surface area (Å²) < 4.78 is 0. The lowest BCUT2D eigenvalue weighted by atomic mass is 10.2. The number of nitrogens with zero attached hydrogens (tertiary/aromatic N) is 1. The van der Waals surface area contributed by atoms with Crippen molar-refractivity contribution in [3.05, 3.63) is 33.0 Å². The number of hydrogen-bond donors (Lipinski definition) is 4. The van der Waals surface area contributed by atoms with E-state index in [9.17, 15) is 9.59 Å². The Morgan fingerprint density at radius 1 is 1.27 bits per heavy atom. The molecule has 0 unspecified atom stereocenters. The van der Waals surface area contributed by atoms with Crippen molar-refractivity contribution in [3.63, 3.8) is 0 Å². The highest BCUT2D eigenvalue weighted by Gasteiger charge is 2.05. The van der Waals surface area contributed by atoms with Crippen molar-refractivity contribution in [2.24, 2.45) is 5.73 Å². The smallest absolute Gasteiger partial charge is 0.326 e. The van der Waals surface area contributed by atoms with Gasteiger partial charge in [0, 0.05) is 28.6 Å². The van der Waals surface area contributed by atoms with Crippen molar-refractivity contribution >= 4 is 39.7 Å². The van der Waals surface area contributed by atoms with Crippen LogP contribution in [0, 0.1) is 0 Å². The van der Waals surface area contributed by atoms with Gasteiger partial charge < -0.3 is 11.1 Å². The van der Waals surface area contributed by atoms with E-state index in [2.05, 4.69) is 27.2 Å². The van der Waals surface area contributed by atoms with Gasteiger partial charge in [-0.2, -0.15) is 0 Å². The lowest BCUT2D eigenvalue weighted by Gasteiger charge is -2.01. The molecule has 0 fully saturated rings. The van der Waals surface area contributed by atoms with Crippen LogP contribution in [0.25, 0.3) is 0 Å². The highest BCUT2D eigenvalue weighted by Crippen LogP contribution is 2.20. The van der Waals surface area contributed by atoms with Crippen LogP contribution in [0.3, 0.4) is 0 Å². The van der Waals surface area contributed by atoms with E-state index >= 15 is 0 Å². The number of anilines is 1. The maximum absolute atomic E-state index is 11.0. The summed E-state index contributed by atoms with van der Waals surface area (Å²) in [5.74, 6) is -0.110. The second-order valence-electron chi connectivity index (χ2n) is 4.54. The average Bonchev–Trinajstić information content (AvgIpc) is 3.05. The molecule has 0 saturated carbocycles. The number of hydrogen-bond acceptors (Lipinski definition) is 6. The second kappa shape index (κ2) is 7.87. The molecule has 0 aliphatic carbocycles. The molecule has 2 heterocycles. The van der Waals surface area contributed by atoms with E-state index < -0.39 is 6.03 Å². The van der Waals surface area contributed by atoms with E-state index in [-0.39, 0.29) is 5.91 Å². The van der Waals surface area contributed by atoms with E-state index in [0.29, 0.717) is 11.7 Å². The third-order valence-corrected chi connectivity index (χ3v) is 4.61. The van der Waals surface area contributed by atoms with Crippen molar-refractivity contribution in [2.75, 3.05) is 5.32 Å². The zero-order chi connectivity index (χ0) is 15.9. The van der Waals surface area contributed by atoms with Gasteiger partial charge in [0.2, 0.25) is 5.91 Å². The van der Waals surface area contributed by atoms with Crippen LogP contribution in [0.4, 0.5) is 9.93 Å². The van der Waals surface area contributed by atoms with Crippen LogP contribution in [0.15, 0.2) is 17.5 Å². The Bertz CT molecular complexity index is 652. The summed E-state index contributed by atoms with van der Waals surface area (Å²) >= 11 is 3.10. The van der Waals surface area contributed by atoms with Crippen molar-refractivity contribution in [1.29, 1.82) is 0 Å². The van der Waals surface area contributed by atoms with Crippen molar-refractivity contribution in [2.45, 2.75) is 26.3 Å². The summed E-state index contributed by atoms with van der Waals surface area (Å²) in [5.41, 5.74) is 11.0. The van der Waals surface area contributed by atoms with E-state index in [1.54, 1.807) is 11.3 Å². The van der Waals surface area contributed by atoms with Crippen molar-refractivity contribution < 1.29 is 9.59 Å². The van der Waals surface area contributed by atoms with Crippen LogP contribution in [0.1, 0.15) is 22.4 Å². The van der Waals surface area contributed by atoms with Crippen molar-refractivity contribution in [3.8, 4) is 0 Å². The number of thiazole rings is 1. The number of carbonyl (C=O) groups is 2. The van der Waals surface area contributed by atoms with E-state index in [1.807, 2.05) is 11.4 Å². The molecule has 5 N–H and O–H groups in total. The SMILES string of the molecule is CC(=O)Nc1nc(CCc2ccc(CNNC(N)=O)s2)cs1. The van der Waals surface area contributed by atoms with Gasteiger partial charge in [-0.15, -0.1) is 22.7 Å². The van der Waals surface area contributed by atoms with Gasteiger partial charge in [0.1, 0.15) is 0 Å². The number of rotatable bonds is 7. The molecule has 0 aliphatic heterocycles. The maximum Gasteiger partial charge on any atom is 0.326 e. The van der Waals surface area contributed by atoms with Gasteiger partial charge in [-0.05, 0) is 25.0 Å². The number of carbonyl (C=O) groups excluding carboxylic acids is 2. The average molecular weight is 339 g/mol. The van der Waals surface area contributed by atoms with Gasteiger partial charge >= 0.3 is 6.03 Å². The number of nitrogens with two attached hydrogens (primary N) is 1. The first-order valence-corrected chi connectivity index (χ1v) is 8.30. The first-order valence-electron chi connectivity index (χ1n) is 6.61. The minimum absolute atomic E-state index is 0.110. The number of aryl methyl sites for hydroxylation is 2. The number of aromatic nitrogens is 1. The van der Waals surface area contributed by atoms with Gasteiger partial charge in [0.15, 0.2) is 5.13 Å². The van der Waals surface area contributed by atoms with Crippen LogP contribution >= 0.6 is 22.7 Å². The largest absolute Gasteiger partial charge is 0.351 e. The number of hydrazine groups is 1. The summed E-state index contributed by atoms with van der Waals surface area (Å²) in [7, 11) is 0. The zero-order valence-corrected chi connectivity index (χ0v) is 13.6. The molecule has 0 radical (unpaired) electrons. The predicted octanol–water partition coefficient (Wildman–Crippen LogP) is 1.62. The maximum atomic E-state index is 11.0. The fourth-order valence-corrected chi connectivity index (χ4v) is 3.50. The monoisotopic (exact) mass is 339 g/mol. The predicted molar refractivity (Wildman–Crippen MR) is 87.7 cm³/mol. The molecule has 2 aromatic heterocycles. The van der Waals surface area contributed by atoms with Crippen LogP contribution < -0.4 is 21.9 Å². The Kier molecular flexibility index (Phi) is 5.87. The van der Waals surface area contributed by atoms with Gasteiger partial charge in [-0.3, -0.25) is 10.2 Å². The highest BCUT2D eigenvalue weighted by molar-refractivity contribution is 7.14. The summed E-state index contributed by atoms with van der Waals surface area (Å²) in [4.78, 5) is 28.2. The fraction of sp³-hybridized carbons (Fsp3) is 0.308. The van der Waals surface area contributed by atoms with E-state index in [1.165, 1.54) is 23.1 Å². The minimum Gasteiger partial charge on any atom is -0.351 e. The fourth-order valence-electron chi connectivity index (χ4n) is 1.75. The summed E-state index contributed by atoms with van der Waals surface area (Å²) in [5, 5.41) is 5.27. The Hall–Kier alpha value is -1.97. The highest BCUT2D eigenvalue weighted by atomic mass is 32.1. The zero-order valence-electron chi connectivity index (χ0n) is 12.0. The van der Waals surface area contributed by atoms with Crippen molar-refractivity contribution in [1.82, 2.24) is 15.8 Å².